The van der Waals surface area contributed by atoms with Gasteiger partial charge >= 0.3 is 5.97 Å². The highest BCUT2D eigenvalue weighted by Gasteiger charge is 2.21. The lowest BCUT2D eigenvalue weighted by molar-refractivity contribution is -0.139. The maximum atomic E-state index is 12.0. The molecule has 0 bridgehead atoms. The first-order valence-electron chi connectivity index (χ1n) is 6.76. The Morgan fingerprint density at radius 2 is 2.09 bits per heavy atom. The Labute approximate surface area is 133 Å². The van der Waals surface area contributed by atoms with E-state index in [1.807, 2.05) is 20.8 Å². The lowest BCUT2D eigenvalue weighted by Gasteiger charge is -2.22. The second-order valence-corrected chi connectivity index (χ2v) is 7.12. The monoisotopic (exact) mass is 327 g/mol. The van der Waals surface area contributed by atoms with Gasteiger partial charge in [0.05, 0.1) is 24.5 Å². The molecule has 1 heterocycles. The summed E-state index contributed by atoms with van der Waals surface area (Å²) in [5, 5.41) is 2.72. The highest BCUT2D eigenvalue weighted by Crippen LogP contribution is 2.19. The van der Waals surface area contributed by atoms with E-state index >= 15 is 0 Å². The normalized spacial score (nSPS) is 12.6. The van der Waals surface area contributed by atoms with E-state index in [0.29, 0.717) is 10.9 Å². The molecule has 0 saturated heterocycles. The molecule has 22 heavy (non-hydrogen) atoms. The number of carbonyl (C=O) groups excluding carboxylic acids is 2. The summed E-state index contributed by atoms with van der Waals surface area (Å²) in [7, 11) is 1.27. The molecule has 1 rings (SSSR count). The number of ether oxygens (including phenoxy) is 1. The smallest absolute Gasteiger partial charge is 0.311 e. The Hall–Kier alpha value is -1.83. The number of rotatable bonds is 5. The zero-order valence-electron chi connectivity index (χ0n) is 13.4. The van der Waals surface area contributed by atoms with Crippen LogP contribution in [-0.4, -0.2) is 39.7 Å². The van der Waals surface area contributed by atoms with Crippen LogP contribution < -0.4 is 10.9 Å². The van der Waals surface area contributed by atoms with Crippen LogP contribution in [0.1, 0.15) is 33.4 Å². The molecule has 8 heteroatoms. The second kappa shape index (κ2) is 7.44. The summed E-state index contributed by atoms with van der Waals surface area (Å²) in [5.41, 5.74) is -0.402. The van der Waals surface area contributed by atoms with Gasteiger partial charge in [0, 0.05) is 11.6 Å². The number of carbonyl (C=O) groups is 2. The minimum Gasteiger partial charge on any atom is -0.469 e. The van der Waals surface area contributed by atoms with Crippen LogP contribution in [0.2, 0.25) is 0 Å². The van der Waals surface area contributed by atoms with Crippen LogP contribution in [-0.2, 0) is 20.7 Å². The number of esters is 1. The fraction of sp³-hybridized carbons (Fsp3) is 0.571. The van der Waals surface area contributed by atoms with Gasteiger partial charge < -0.3 is 15.0 Å². The van der Waals surface area contributed by atoms with E-state index in [9.17, 15) is 14.4 Å². The molecular weight excluding hydrogens is 306 g/mol. The van der Waals surface area contributed by atoms with E-state index in [4.69, 9.17) is 0 Å². The molecule has 1 aromatic heterocycles. The number of aromatic nitrogens is 2. The van der Waals surface area contributed by atoms with Gasteiger partial charge in [0.1, 0.15) is 0 Å². The molecule has 7 nitrogen and oxygen atoms in total. The van der Waals surface area contributed by atoms with Crippen molar-refractivity contribution in [3.05, 3.63) is 22.1 Å². The van der Waals surface area contributed by atoms with Gasteiger partial charge in [-0.1, -0.05) is 11.8 Å². The van der Waals surface area contributed by atoms with Gasteiger partial charge in [-0.25, -0.2) is 4.98 Å². The molecule has 0 aliphatic rings. The maximum absolute atomic E-state index is 12.0. The van der Waals surface area contributed by atoms with E-state index in [-0.39, 0.29) is 23.4 Å². The van der Waals surface area contributed by atoms with Crippen LogP contribution in [0.3, 0.4) is 0 Å². The Kier molecular flexibility index (Phi) is 6.16. The van der Waals surface area contributed by atoms with E-state index in [1.54, 1.807) is 6.92 Å². The summed E-state index contributed by atoms with van der Waals surface area (Å²) in [6, 6.07) is 1.24. The van der Waals surface area contributed by atoms with Gasteiger partial charge in [-0.3, -0.25) is 14.4 Å². The molecule has 0 aliphatic carbocycles. The molecule has 0 saturated carbocycles. The van der Waals surface area contributed by atoms with Gasteiger partial charge in [0.2, 0.25) is 5.91 Å². The van der Waals surface area contributed by atoms with Gasteiger partial charge in [-0.15, -0.1) is 0 Å². The SMILES string of the molecule is COC(=O)Cc1cc(=O)[nH]c(S[C@H](C)C(=O)NC(C)(C)C)n1. The van der Waals surface area contributed by atoms with Gasteiger partial charge in [0.25, 0.3) is 5.56 Å². The fourth-order valence-corrected chi connectivity index (χ4v) is 2.37. The lowest BCUT2D eigenvalue weighted by Crippen LogP contribution is -2.44. The van der Waals surface area contributed by atoms with E-state index in [2.05, 4.69) is 20.0 Å². The number of hydrogen-bond acceptors (Lipinski definition) is 6. The van der Waals surface area contributed by atoms with E-state index in [1.165, 1.54) is 13.2 Å². The maximum Gasteiger partial charge on any atom is 0.311 e. The molecule has 2 N–H and O–H groups in total. The predicted octanol–water partition coefficient (Wildman–Crippen LogP) is 0.881. The van der Waals surface area contributed by atoms with Crippen molar-refractivity contribution in [2.75, 3.05) is 7.11 Å². The number of nitrogens with zero attached hydrogens (tertiary/aromatic N) is 1. The van der Waals surface area contributed by atoms with Crippen LogP contribution in [0, 0.1) is 0 Å². The lowest BCUT2D eigenvalue weighted by atomic mass is 10.1. The first kappa shape index (κ1) is 18.2. The average Bonchev–Trinajstić information content (AvgIpc) is 2.35. The molecule has 0 spiro atoms. The summed E-state index contributed by atoms with van der Waals surface area (Å²) in [6.07, 6.45) is -0.0868. The van der Waals surface area contributed by atoms with Gasteiger partial charge in [0.15, 0.2) is 5.16 Å². The Balaban J connectivity index is 2.82. The molecule has 1 aromatic rings. The number of nitrogens with one attached hydrogen (secondary N) is 2. The largest absolute Gasteiger partial charge is 0.469 e. The van der Waals surface area contributed by atoms with Gasteiger partial charge in [-0.05, 0) is 27.7 Å². The molecule has 0 aromatic carbocycles. The first-order valence-corrected chi connectivity index (χ1v) is 7.64. The summed E-state index contributed by atoms with van der Waals surface area (Å²) < 4.78 is 4.55. The van der Waals surface area contributed by atoms with Crippen molar-refractivity contribution in [2.45, 2.75) is 50.1 Å². The summed E-state index contributed by atoms with van der Waals surface area (Å²) in [5.74, 6) is -0.633. The minimum atomic E-state index is -0.479. The van der Waals surface area contributed by atoms with E-state index < -0.39 is 11.2 Å². The Bertz CT molecular complexity index is 607. The fourth-order valence-electron chi connectivity index (χ4n) is 1.54. The summed E-state index contributed by atoms with van der Waals surface area (Å²) in [6.45, 7) is 7.39. The highest BCUT2D eigenvalue weighted by molar-refractivity contribution is 8.00. The van der Waals surface area contributed by atoms with Crippen LogP contribution in [0.5, 0.6) is 0 Å². The standard InChI is InChI=1S/C14H21N3O4S/c1-8(12(20)17-14(2,3)4)22-13-15-9(6-10(18)16-13)7-11(19)21-5/h6,8H,7H2,1-5H3,(H,17,20)(H,15,16,18)/t8-/m1/s1. The average molecular weight is 327 g/mol. The quantitative estimate of drug-likeness (QED) is 0.473. The van der Waals surface area contributed by atoms with Crippen molar-refractivity contribution in [2.24, 2.45) is 0 Å². The van der Waals surface area contributed by atoms with Crippen LogP contribution in [0.15, 0.2) is 16.0 Å². The predicted molar refractivity (Wildman–Crippen MR) is 83.8 cm³/mol. The third-order valence-electron chi connectivity index (χ3n) is 2.48. The van der Waals surface area contributed by atoms with Crippen LogP contribution in [0.4, 0.5) is 0 Å². The number of hydrogen-bond donors (Lipinski definition) is 2. The van der Waals surface area contributed by atoms with Crippen molar-refractivity contribution in [1.29, 1.82) is 0 Å². The van der Waals surface area contributed by atoms with Gasteiger partial charge in [-0.2, -0.15) is 0 Å². The molecule has 122 valence electrons. The number of H-pyrrole nitrogens is 1. The number of thioether (sulfide) groups is 1. The molecule has 0 unspecified atom stereocenters. The van der Waals surface area contributed by atoms with Crippen LogP contribution >= 0.6 is 11.8 Å². The van der Waals surface area contributed by atoms with Crippen molar-refractivity contribution < 1.29 is 14.3 Å². The third-order valence-corrected chi connectivity index (χ3v) is 3.47. The van der Waals surface area contributed by atoms with E-state index in [0.717, 1.165) is 11.8 Å². The Morgan fingerprint density at radius 3 is 2.64 bits per heavy atom. The summed E-state index contributed by atoms with van der Waals surface area (Å²) in [4.78, 5) is 41.6. The molecular formula is C14H21N3O4S. The Morgan fingerprint density at radius 1 is 1.45 bits per heavy atom. The zero-order valence-corrected chi connectivity index (χ0v) is 14.2. The molecule has 0 radical (unpaired) electrons. The molecule has 1 amide bonds. The van der Waals surface area contributed by atoms with Crippen molar-refractivity contribution in [1.82, 2.24) is 15.3 Å². The van der Waals surface area contributed by atoms with Crippen molar-refractivity contribution in [3.63, 3.8) is 0 Å². The second-order valence-electron chi connectivity index (χ2n) is 5.79. The minimum absolute atomic E-state index is 0.0868. The third kappa shape index (κ3) is 6.30. The number of aromatic amines is 1. The van der Waals surface area contributed by atoms with Crippen LogP contribution in [0.25, 0.3) is 0 Å². The highest BCUT2D eigenvalue weighted by atomic mass is 32.2. The molecule has 0 fully saturated rings. The van der Waals surface area contributed by atoms with Crippen molar-refractivity contribution >= 4 is 23.6 Å². The van der Waals surface area contributed by atoms with Crippen molar-refractivity contribution in [3.8, 4) is 0 Å². The zero-order chi connectivity index (χ0) is 16.9. The number of methoxy groups -OCH3 is 1. The first-order chi connectivity index (χ1) is 10.1. The topological polar surface area (TPSA) is 101 Å². The summed E-state index contributed by atoms with van der Waals surface area (Å²) >= 11 is 1.12. The molecule has 1 atom stereocenters. The number of amides is 1. The molecule has 0 aliphatic heterocycles.